The quantitative estimate of drug-likeness (QED) is 0.849. The summed E-state index contributed by atoms with van der Waals surface area (Å²) in [5.41, 5.74) is 7.29. The minimum Gasteiger partial charge on any atom is -0.382 e. The van der Waals surface area contributed by atoms with E-state index in [9.17, 15) is 8.42 Å². The normalized spacial score (nSPS) is 17.4. The van der Waals surface area contributed by atoms with Crippen molar-refractivity contribution in [1.82, 2.24) is 0 Å². The third kappa shape index (κ3) is 2.63. The number of hydrogen-bond donors (Lipinski definition) is 1. The molecule has 0 unspecified atom stereocenters. The van der Waals surface area contributed by atoms with Gasteiger partial charge in [0.25, 0.3) is 10.0 Å². The summed E-state index contributed by atoms with van der Waals surface area (Å²) in [6, 6.07) is 5.62. The summed E-state index contributed by atoms with van der Waals surface area (Å²) in [6.45, 7) is 2.10. The maximum absolute atomic E-state index is 11.5. The summed E-state index contributed by atoms with van der Waals surface area (Å²) in [6.07, 6.45) is 1.06. The Morgan fingerprint density at radius 3 is 2.94 bits per heavy atom. The molecule has 2 rings (SSSR count). The second-order valence-electron chi connectivity index (χ2n) is 3.84. The van der Waals surface area contributed by atoms with E-state index in [1.807, 2.05) is 12.1 Å². The molecule has 0 bridgehead atoms. The summed E-state index contributed by atoms with van der Waals surface area (Å²) in [5.74, 6) is 1.05. The largest absolute Gasteiger partial charge is 0.382 e. The fourth-order valence-electron chi connectivity index (χ4n) is 1.74. The second kappa shape index (κ2) is 4.70. The van der Waals surface area contributed by atoms with E-state index < -0.39 is 10.0 Å². The van der Waals surface area contributed by atoms with Gasteiger partial charge in [-0.25, -0.2) is 8.42 Å². The van der Waals surface area contributed by atoms with E-state index in [4.69, 9.17) is 5.73 Å². The van der Waals surface area contributed by atoms with E-state index in [1.54, 1.807) is 17.8 Å². The Morgan fingerprint density at radius 2 is 2.24 bits per heavy atom. The summed E-state index contributed by atoms with van der Waals surface area (Å²) >= 11 is 1.68. The van der Waals surface area contributed by atoms with E-state index in [-0.39, 0.29) is 11.6 Å². The van der Waals surface area contributed by atoms with Gasteiger partial charge in [0.2, 0.25) is 0 Å². The fourth-order valence-corrected chi connectivity index (χ4v) is 3.81. The standard InChI is InChI=1S/C11H14N2O2S2/c1-2-6-16-9-5-3-4-8-7-17(14,15)13-11(12)10(8)9/h3-5H,2,6-7H2,1H3,(H2,12,13). The van der Waals surface area contributed by atoms with Crippen LogP contribution in [0.1, 0.15) is 24.5 Å². The zero-order chi connectivity index (χ0) is 12.5. The Hall–Kier alpha value is -1.01. The molecule has 1 aliphatic heterocycles. The highest BCUT2D eigenvalue weighted by atomic mass is 32.2. The number of thioether (sulfide) groups is 1. The molecule has 2 N–H and O–H groups in total. The van der Waals surface area contributed by atoms with Gasteiger partial charge in [0.05, 0.1) is 5.75 Å². The first-order chi connectivity index (χ1) is 8.03. The maximum Gasteiger partial charge on any atom is 0.259 e. The predicted octanol–water partition coefficient (Wildman–Crippen LogP) is 1.74. The van der Waals surface area contributed by atoms with Crippen LogP contribution in [-0.4, -0.2) is 20.0 Å². The second-order valence-corrected chi connectivity index (χ2v) is 6.61. The van der Waals surface area contributed by atoms with Gasteiger partial charge < -0.3 is 5.73 Å². The third-order valence-electron chi connectivity index (χ3n) is 2.41. The zero-order valence-corrected chi connectivity index (χ0v) is 11.1. The number of nitrogens with zero attached hydrogens (tertiary/aromatic N) is 1. The molecule has 0 saturated carbocycles. The van der Waals surface area contributed by atoms with Crippen molar-refractivity contribution in [3.8, 4) is 0 Å². The van der Waals surface area contributed by atoms with E-state index in [0.29, 0.717) is 0 Å². The van der Waals surface area contributed by atoms with Crippen LogP contribution in [0, 0.1) is 0 Å². The molecule has 1 aliphatic rings. The first kappa shape index (κ1) is 12.4. The van der Waals surface area contributed by atoms with Gasteiger partial charge in [-0.15, -0.1) is 16.2 Å². The lowest BCUT2D eigenvalue weighted by atomic mass is 10.1. The summed E-state index contributed by atoms with van der Waals surface area (Å²) in [5, 5.41) is 0. The van der Waals surface area contributed by atoms with E-state index >= 15 is 0 Å². The molecule has 1 aromatic rings. The van der Waals surface area contributed by atoms with E-state index in [1.165, 1.54) is 0 Å². The van der Waals surface area contributed by atoms with Gasteiger partial charge in [0, 0.05) is 10.5 Å². The molecule has 0 saturated heterocycles. The number of sulfonamides is 1. The molecule has 6 heteroatoms. The lowest BCUT2D eigenvalue weighted by Gasteiger charge is -2.17. The minimum atomic E-state index is -3.43. The lowest BCUT2D eigenvalue weighted by Crippen LogP contribution is -2.24. The molecular weight excluding hydrogens is 256 g/mol. The molecule has 17 heavy (non-hydrogen) atoms. The fraction of sp³-hybridized carbons (Fsp3) is 0.364. The van der Waals surface area contributed by atoms with Crippen LogP contribution in [0.15, 0.2) is 27.5 Å². The maximum atomic E-state index is 11.5. The number of fused-ring (bicyclic) bond motifs is 1. The van der Waals surface area contributed by atoms with Crippen LogP contribution in [0.25, 0.3) is 0 Å². The van der Waals surface area contributed by atoms with Crippen molar-refractivity contribution < 1.29 is 8.42 Å². The van der Waals surface area contributed by atoms with Gasteiger partial charge in [-0.1, -0.05) is 19.1 Å². The molecule has 4 nitrogen and oxygen atoms in total. The Balaban J connectivity index is 2.49. The predicted molar refractivity (Wildman–Crippen MR) is 70.8 cm³/mol. The SMILES string of the molecule is CCCSc1cccc2c1C(N)=NS(=O)(=O)C2. The van der Waals surface area contributed by atoms with Gasteiger partial charge in [-0.3, -0.25) is 0 Å². The van der Waals surface area contributed by atoms with Crippen LogP contribution >= 0.6 is 11.8 Å². The molecule has 0 aliphatic carbocycles. The van der Waals surface area contributed by atoms with Crippen LogP contribution in [0.5, 0.6) is 0 Å². The Morgan fingerprint density at radius 1 is 1.47 bits per heavy atom. The minimum absolute atomic E-state index is 0.0520. The van der Waals surface area contributed by atoms with Crippen molar-refractivity contribution in [2.24, 2.45) is 10.1 Å². The van der Waals surface area contributed by atoms with Crippen molar-refractivity contribution in [3.63, 3.8) is 0 Å². The summed E-state index contributed by atoms with van der Waals surface area (Å²) in [7, 11) is -3.43. The molecule has 0 radical (unpaired) electrons. The first-order valence-electron chi connectivity index (χ1n) is 5.36. The highest BCUT2D eigenvalue weighted by Gasteiger charge is 2.24. The van der Waals surface area contributed by atoms with Crippen LogP contribution in [0.2, 0.25) is 0 Å². The van der Waals surface area contributed by atoms with Crippen LogP contribution in [0.4, 0.5) is 0 Å². The van der Waals surface area contributed by atoms with Crippen molar-refractivity contribution in [1.29, 1.82) is 0 Å². The van der Waals surface area contributed by atoms with Gasteiger partial charge in [-0.05, 0) is 23.8 Å². The van der Waals surface area contributed by atoms with Gasteiger partial charge in [0.1, 0.15) is 5.84 Å². The van der Waals surface area contributed by atoms with Crippen LogP contribution in [-0.2, 0) is 15.8 Å². The van der Waals surface area contributed by atoms with E-state index in [0.717, 1.165) is 28.2 Å². The first-order valence-corrected chi connectivity index (χ1v) is 7.96. The van der Waals surface area contributed by atoms with Crippen LogP contribution < -0.4 is 5.73 Å². The molecule has 0 spiro atoms. The molecule has 1 aromatic carbocycles. The summed E-state index contributed by atoms with van der Waals surface area (Å²) in [4.78, 5) is 1.01. The molecule has 92 valence electrons. The molecule has 0 atom stereocenters. The Kier molecular flexibility index (Phi) is 3.44. The number of benzene rings is 1. The smallest absolute Gasteiger partial charge is 0.259 e. The van der Waals surface area contributed by atoms with Crippen molar-refractivity contribution in [3.05, 3.63) is 29.3 Å². The third-order valence-corrected chi connectivity index (χ3v) is 4.82. The number of amidine groups is 1. The monoisotopic (exact) mass is 270 g/mol. The van der Waals surface area contributed by atoms with Crippen molar-refractivity contribution in [2.45, 2.75) is 24.0 Å². The number of nitrogens with two attached hydrogens (primary N) is 1. The van der Waals surface area contributed by atoms with Gasteiger partial charge >= 0.3 is 0 Å². The highest BCUT2D eigenvalue weighted by molar-refractivity contribution is 7.99. The van der Waals surface area contributed by atoms with Crippen molar-refractivity contribution in [2.75, 3.05) is 5.75 Å². The molecular formula is C11H14N2O2S2. The number of hydrogen-bond acceptors (Lipinski definition) is 4. The molecule has 0 amide bonds. The molecule has 0 fully saturated rings. The molecule has 1 heterocycles. The van der Waals surface area contributed by atoms with E-state index in [2.05, 4.69) is 11.3 Å². The molecule has 0 aromatic heterocycles. The topological polar surface area (TPSA) is 72.5 Å². The summed E-state index contributed by atoms with van der Waals surface area (Å²) < 4.78 is 26.5. The zero-order valence-electron chi connectivity index (χ0n) is 9.51. The average molecular weight is 270 g/mol. The van der Waals surface area contributed by atoms with Crippen molar-refractivity contribution >= 4 is 27.6 Å². The van der Waals surface area contributed by atoms with Gasteiger partial charge in [0.15, 0.2) is 0 Å². The van der Waals surface area contributed by atoms with Gasteiger partial charge in [-0.2, -0.15) is 0 Å². The lowest BCUT2D eigenvalue weighted by molar-refractivity contribution is 0.596. The highest BCUT2D eigenvalue weighted by Crippen LogP contribution is 2.29. The Bertz CT molecular complexity index is 565. The average Bonchev–Trinajstić information content (AvgIpc) is 2.23. The number of rotatable bonds is 3. The Labute approximate surface area is 105 Å². The van der Waals surface area contributed by atoms with Crippen LogP contribution in [0.3, 0.4) is 0 Å².